The van der Waals surface area contributed by atoms with Crippen molar-refractivity contribution in [3.05, 3.63) is 24.3 Å². The summed E-state index contributed by atoms with van der Waals surface area (Å²) < 4.78 is 27.9. The molecule has 1 N–H and O–H groups in total. The molecule has 0 radical (unpaired) electrons. The molecule has 106 valence electrons. The van der Waals surface area contributed by atoms with E-state index in [4.69, 9.17) is 0 Å². The van der Waals surface area contributed by atoms with Gasteiger partial charge in [-0.25, -0.2) is 8.42 Å². The fraction of sp³-hybridized carbons (Fsp3) is 0.462. The van der Waals surface area contributed by atoms with Crippen molar-refractivity contribution in [3.63, 3.8) is 0 Å². The molecule has 1 unspecified atom stereocenters. The van der Waals surface area contributed by atoms with Gasteiger partial charge in [-0.3, -0.25) is 4.79 Å². The van der Waals surface area contributed by atoms with Crippen LogP contribution in [0.25, 0.3) is 0 Å². The molecule has 0 fully saturated rings. The van der Waals surface area contributed by atoms with E-state index in [9.17, 15) is 13.2 Å². The lowest BCUT2D eigenvalue weighted by Gasteiger charge is -2.14. The summed E-state index contributed by atoms with van der Waals surface area (Å²) in [6.07, 6.45) is 0.255. The van der Waals surface area contributed by atoms with Gasteiger partial charge in [0.1, 0.15) is 0 Å². The standard InChI is InChI=1S/C13H19NO4S/c1-4-19(16,17)12-7-5-11(6-8-12)14-10(2)9-13(15)18-3/h5-8,10,14H,4,9H2,1-3H3. The van der Waals surface area contributed by atoms with Crippen molar-refractivity contribution in [1.29, 1.82) is 0 Å². The Morgan fingerprint density at radius 2 is 1.89 bits per heavy atom. The Morgan fingerprint density at radius 1 is 1.32 bits per heavy atom. The smallest absolute Gasteiger partial charge is 0.307 e. The summed E-state index contributed by atoms with van der Waals surface area (Å²) in [5, 5.41) is 3.11. The Bertz CT molecular complexity index is 522. The van der Waals surface area contributed by atoms with Crippen molar-refractivity contribution in [2.24, 2.45) is 0 Å². The first-order chi connectivity index (χ1) is 8.89. The van der Waals surface area contributed by atoms with Crippen molar-refractivity contribution in [3.8, 4) is 0 Å². The average Bonchev–Trinajstić information content (AvgIpc) is 2.39. The van der Waals surface area contributed by atoms with Crippen molar-refractivity contribution in [2.75, 3.05) is 18.2 Å². The highest BCUT2D eigenvalue weighted by Crippen LogP contribution is 2.16. The third-order valence-electron chi connectivity index (χ3n) is 2.71. The lowest BCUT2D eigenvalue weighted by atomic mass is 10.2. The third kappa shape index (κ3) is 4.55. The maximum absolute atomic E-state index is 11.6. The van der Waals surface area contributed by atoms with Crippen molar-refractivity contribution < 1.29 is 17.9 Å². The molecular weight excluding hydrogens is 266 g/mol. The first-order valence-corrected chi connectivity index (χ1v) is 7.70. The molecule has 0 aliphatic heterocycles. The largest absolute Gasteiger partial charge is 0.469 e. The topological polar surface area (TPSA) is 72.5 Å². The molecule has 0 aliphatic carbocycles. The predicted molar refractivity (Wildman–Crippen MR) is 73.9 cm³/mol. The number of rotatable bonds is 6. The Hall–Kier alpha value is -1.56. The lowest BCUT2D eigenvalue weighted by molar-refractivity contribution is -0.140. The monoisotopic (exact) mass is 285 g/mol. The number of carbonyl (C=O) groups is 1. The minimum atomic E-state index is -3.17. The summed E-state index contributed by atoms with van der Waals surface area (Å²) in [6.45, 7) is 3.47. The summed E-state index contributed by atoms with van der Waals surface area (Å²) in [5.74, 6) is -0.205. The fourth-order valence-corrected chi connectivity index (χ4v) is 2.48. The van der Waals surface area contributed by atoms with Crippen LogP contribution in [0.2, 0.25) is 0 Å². The molecule has 0 saturated heterocycles. The second-order valence-electron chi connectivity index (χ2n) is 4.25. The molecule has 6 heteroatoms. The van der Waals surface area contributed by atoms with Gasteiger partial charge in [-0.1, -0.05) is 6.92 Å². The molecule has 0 saturated carbocycles. The molecule has 0 aliphatic rings. The molecule has 0 bridgehead atoms. The van der Waals surface area contributed by atoms with Gasteiger partial charge in [0.15, 0.2) is 9.84 Å². The highest BCUT2D eigenvalue weighted by atomic mass is 32.2. The van der Waals surface area contributed by atoms with E-state index in [0.717, 1.165) is 5.69 Å². The summed E-state index contributed by atoms with van der Waals surface area (Å²) in [6, 6.07) is 6.42. The van der Waals surface area contributed by atoms with Crippen LogP contribution in [-0.2, 0) is 19.4 Å². The van der Waals surface area contributed by atoms with Crippen LogP contribution in [-0.4, -0.2) is 33.3 Å². The molecule has 1 aromatic carbocycles. The van der Waals surface area contributed by atoms with E-state index in [0.29, 0.717) is 4.90 Å². The first kappa shape index (κ1) is 15.5. The van der Waals surface area contributed by atoms with Gasteiger partial charge < -0.3 is 10.1 Å². The van der Waals surface area contributed by atoms with Gasteiger partial charge in [-0.15, -0.1) is 0 Å². The molecule has 19 heavy (non-hydrogen) atoms. The molecular formula is C13H19NO4S. The van der Waals surface area contributed by atoms with Crippen LogP contribution < -0.4 is 5.32 Å². The zero-order valence-corrected chi connectivity index (χ0v) is 12.2. The van der Waals surface area contributed by atoms with Crippen LogP contribution >= 0.6 is 0 Å². The fourth-order valence-electron chi connectivity index (χ4n) is 1.59. The highest BCUT2D eigenvalue weighted by molar-refractivity contribution is 7.91. The number of hydrogen-bond acceptors (Lipinski definition) is 5. The van der Waals surface area contributed by atoms with Crippen LogP contribution in [0.1, 0.15) is 20.3 Å². The van der Waals surface area contributed by atoms with Gasteiger partial charge in [0, 0.05) is 11.7 Å². The van der Waals surface area contributed by atoms with E-state index in [1.165, 1.54) is 7.11 Å². The summed E-state index contributed by atoms with van der Waals surface area (Å²) in [7, 11) is -1.82. The van der Waals surface area contributed by atoms with Crippen molar-refractivity contribution in [1.82, 2.24) is 0 Å². The Labute approximate surface area is 113 Å². The normalized spacial score (nSPS) is 12.8. The SMILES string of the molecule is CCS(=O)(=O)c1ccc(NC(C)CC(=O)OC)cc1. The van der Waals surface area contributed by atoms with E-state index in [1.807, 2.05) is 6.92 Å². The number of hydrogen-bond donors (Lipinski definition) is 1. The van der Waals surface area contributed by atoms with Gasteiger partial charge in [0.2, 0.25) is 0 Å². The number of esters is 1. The van der Waals surface area contributed by atoms with Gasteiger partial charge in [0.05, 0.1) is 24.2 Å². The molecule has 0 heterocycles. The van der Waals surface area contributed by atoms with Crippen LogP contribution in [0.3, 0.4) is 0 Å². The first-order valence-electron chi connectivity index (χ1n) is 6.05. The zero-order valence-electron chi connectivity index (χ0n) is 11.3. The number of sulfone groups is 1. The maximum Gasteiger partial charge on any atom is 0.307 e. The lowest BCUT2D eigenvalue weighted by Crippen LogP contribution is -2.20. The predicted octanol–water partition coefficient (Wildman–Crippen LogP) is 1.84. The Balaban J connectivity index is 2.70. The Morgan fingerprint density at radius 3 is 2.37 bits per heavy atom. The van der Waals surface area contributed by atoms with Gasteiger partial charge in [0.25, 0.3) is 0 Å². The zero-order chi connectivity index (χ0) is 14.5. The number of ether oxygens (including phenoxy) is 1. The highest BCUT2D eigenvalue weighted by Gasteiger charge is 2.12. The van der Waals surface area contributed by atoms with Crippen molar-refractivity contribution in [2.45, 2.75) is 31.2 Å². The second kappa shape index (κ2) is 6.56. The number of anilines is 1. The van der Waals surface area contributed by atoms with Gasteiger partial charge in [-0.2, -0.15) is 0 Å². The van der Waals surface area contributed by atoms with Crippen LogP contribution in [0, 0.1) is 0 Å². The maximum atomic E-state index is 11.6. The minimum absolute atomic E-state index is 0.0819. The van der Waals surface area contributed by atoms with E-state index < -0.39 is 9.84 Å². The summed E-state index contributed by atoms with van der Waals surface area (Å²) >= 11 is 0. The average molecular weight is 285 g/mol. The molecule has 0 aromatic heterocycles. The molecule has 1 rings (SSSR count). The van der Waals surface area contributed by atoms with Gasteiger partial charge in [-0.05, 0) is 31.2 Å². The minimum Gasteiger partial charge on any atom is -0.469 e. The van der Waals surface area contributed by atoms with E-state index in [-0.39, 0.29) is 24.2 Å². The molecule has 1 aromatic rings. The van der Waals surface area contributed by atoms with Crippen LogP contribution in [0.4, 0.5) is 5.69 Å². The number of nitrogens with one attached hydrogen (secondary N) is 1. The summed E-state index contributed by atoms with van der Waals surface area (Å²) in [4.78, 5) is 11.4. The number of carbonyl (C=O) groups excluding carboxylic acids is 1. The number of methoxy groups -OCH3 is 1. The van der Waals surface area contributed by atoms with Gasteiger partial charge >= 0.3 is 5.97 Å². The van der Waals surface area contributed by atoms with Crippen LogP contribution in [0.5, 0.6) is 0 Å². The van der Waals surface area contributed by atoms with E-state index >= 15 is 0 Å². The Kier molecular flexibility index (Phi) is 5.35. The third-order valence-corrected chi connectivity index (χ3v) is 4.46. The quantitative estimate of drug-likeness (QED) is 0.807. The molecule has 0 amide bonds. The summed E-state index contributed by atoms with van der Waals surface area (Å²) in [5.41, 5.74) is 0.770. The molecule has 5 nitrogen and oxygen atoms in total. The van der Waals surface area contributed by atoms with E-state index in [1.54, 1.807) is 31.2 Å². The van der Waals surface area contributed by atoms with E-state index in [2.05, 4.69) is 10.1 Å². The molecule has 0 spiro atoms. The second-order valence-corrected chi connectivity index (χ2v) is 6.53. The van der Waals surface area contributed by atoms with Crippen molar-refractivity contribution >= 4 is 21.5 Å². The molecule has 1 atom stereocenters. The number of benzene rings is 1. The van der Waals surface area contributed by atoms with Crippen LogP contribution in [0.15, 0.2) is 29.2 Å².